The average molecular weight is 491 g/mol. The standard InChI is InChI=1S/C34H33FNO/c1-21-11-14-27-28-15-16-29(35)32(34(28)37-33(27)31(21)30-10-6-7-17-36(30)2)24-13-12-23-18-25(20-26(23)19-24)22-8-4-3-5-9-22/h6-7,10-17,19,22,25H,3-5,8-9,18,20H2,1-2H3/q+1. The summed E-state index contributed by atoms with van der Waals surface area (Å²) in [5.41, 5.74) is 9.10. The van der Waals surface area contributed by atoms with E-state index in [9.17, 15) is 0 Å². The van der Waals surface area contributed by atoms with Gasteiger partial charge in [0, 0.05) is 22.9 Å². The fourth-order valence-corrected chi connectivity index (χ4v) is 7.09. The van der Waals surface area contributed by atoms with Crippen molar-refractivity contribution in [2.75, 3.05) is 0 Å². The molecule has 2 aromatic heterocycles. The molecular weight excluding hydrogens is 457 g/mol. The summed E-state index contributed by atoms with van der Waals surface area (Å²) in [5.74, 6) is 1.37. The van der Waals surface area contributed by atoms with Gasteiger partial charge in [-0.25, -0.2) is 8.96 Å². The predicted octanol–water partition coefficient (Wildman–Crippen LogP) is 8.49. The number of furan rings is 1. The molecule has 1 fully saturated rings. The molecule has 0 N–H and O–H groups in total. The normalized spacial score (nSPS) is 18.1. The molecule has 2 aliphatic rings. The van der Waals surface area contributed by atoms with Crippen LogP contribution < -0.4 is 4.57 Å². The maximum Gasteiger partial charge on any atom is 0.216 e. The lowest BCUT2D eigenvalue weighted by molar-refractivity contribution is -0.660. The minimum Gasteiger partial charge on any atom is -0.454 e. The van der Waals surface area contributed by atoms with E-state index in [1.165, 1.54) is 49.7 Å². The van der Waals surface area contributed by atoms with Crippen LogP contribution in [0.1, 0.15) is 48.8 Å². The van der Waals surface area contributed by atoms with Gasteiger partial charge >= 0.3 is 0 Å². The molecule has 5 aromatic rings. The first-order chi connectivity index (χ1) is 18.1. The molecule has 0 bridgehead atoms. The molecule has 0 spiro atoms. The van der Waals surface area contributed by atoms with Gasteiger partial charge in [-0.3, -0.25) is 0 Å². The Kier molecular flexibility index (Phi) is 5.42. The maximum absolute atomic E-state index is 15.6. The third kappa shape index (κ3) is 3.70. The lowest BCUT2D eigenvalue weighted by Gasteiger charge is -2.27. The Morgan fingerprint density at radius 3 is 2.35 bits per heavy atom. The van der Waals surface area contributed by atoms with Crippen LogP contribution in [-0.2, 0) is 19.9 Å². The lowest BCUT2D eigenvalue weighted by Crippen LogP contribution is -2.30. The van der Waals surface area contributed by atoms with Crippen molar-refractivity contribution in [3.8, 4) is 22.4 Å². The van der Waals surface area contributed by atoms with E-state index in [0.29, 0.717) is 11.1 Å². The Labute approximate surface area is 217 Å². The van der Waals surface area contributed by atoms with Crippen molar-refractivity contribution >= 4 is 21.9 Å². The second-order valence-electron chi connectivity index (χ2n) is 11.3. The van der Waals surface area contributed by atoms with E-state index in [0.717, 1.165) is 57.0 Å². The molecule has 2 heterocycles. The van der Waals surface area contributed by atoms with Gasteiger partial charge in [-0.1, -0.05) is 62.4 Å². The molecule has 0 radical (unpaired) electrons. The monoisotopic (exact) mass is 490 g/mol. The van der Waals surface area contributed by atoms with E-state index < -0.39 is 0 Å². The summed E-state index contributed by atoms with van der Waals surface area (Å²) in [6.45, 7) is 2.11. The van der Waals surface area contributed by atoms with E-state index in [-0.39, 0.29) is 5.82 Å². The van der Waals surface area contributed by atoms with Crippen molar-refractivity contribution in [2.24, 2.45) is 18.9 Å². The van der Waals surface area contributed by atoms with Crippen LogP contribution in [0.5, 0.6) is 0 Å². The molecule has 0 aliphatic heterocycles. The van der Waals surface area contributed by atoms with Crippen LogP contribution in [0.15, 0.2) is 71.3 Å². The highest BCUT2D eigenvalue weighted by molar-refractivity contribution is 6.13. The van der Waals surface area contributed by atoms with Crippen LogP contribution in [-0.4, -0.2) is 0 Å². The second-order valence-corrected chi connectivity index (χ2v) is 11.3. The van der Waals surface area contributed by atoms with Crippen LogP contribution in [0, 0.1) is 24.6 Å². The topological polar surface area (TPSA) is 17.0 Å². The Hall–Kier alpha value is -3.46. The number of pyridine rings is 1. The number of hydrogen-bond acceptors (Lipinski definition) is 1. The van der Waals surface area contributed by atoms with Gasteiger partial charge in [-0.2, -0.15) is 0 Å². The third-order valence-corrected chi connectivity index (χ3v) is 9.05. The van der Waals surface area contributed by atoms with Crippen molar-refractivity contribution in [3.05, 3.63) is 89.4 Å². The molecule has 37 heavy (non-hydrogen) atoms. The molecule has 0 saturated heterocycles. The van der Waals surface area contributed by atoms with Crippen molar-refractivity contribution in [1.82, 2.24) is 0 Å². The summed E-state index contributed by atoms with van der Waals surface area (Å²) in [6.07, 6.45) is 11.2. The van der Waals surface area contributed by atoms with Gasteiger partial charge in [0.25, 0.3) is 0 Å². The minimum absolute atomic E-state index is 0.225. The Morgan fingerprint density at radius 2 is 1.54 bits per heavy atom. The first kappa shape index (κ1) is 22.7. The van der Waals surface area contributed by atoms with Crippen LogP contribution in [0.4, 0.5) is 4.39 Å². The van der Waals surface area contributed by atoms with E-state index in [4.69, 9.17) is 4.42 Å². The fourth-order valence-electron chi connectivity index (χ4n) is 7.09. The highest BCUT2D eigenvalue weighted by Gasteiger charge is 2.30. The molecule has 3 heteroatoms. The molecule has 1 atom stereocenters. The van der Waals surface area contributed by atoms with E-state index >= 15 is 4.39 Å². The summed E-state index contributed by atoms with van der Waals surface area (Å²) in [5, 5.41) is 1.99. The molecule has 2 aliphatic carbocycles. The van der Waals surface area contributed by atoms with Crippen LogP contribution in [0.25, 0.3) is 44.3 Å². The van der Waals surface area contributed by atoms with E-state index in [1.54, 1.807) is 6.07 Å². The minimum atomic E-state index is -0.225. The van der Waals surface area contributed by atoms with Crippen molar-refractivity contribution < 1.29 is 13.4 Å². The van der Waals surface area contributed by atoms with Gasteiger partial charge in [0.05, 0.1) is 11.1 Å². The highest BCUT2D eigenvalue weighted by atomic mass is 19.1. The molecule has 1 unspecified atom stereocenters. The molecular formula is C34H33FNO+. The van der Waals surface area contributed by atoms with Gasteiger partial charge in [0.2, 0.25) is 5.69 Å². The smallest absolute Gasteiger partial charge is 0.216 e. The molecule has 2 nitrogen and oxygen atoms in total. The number of aryl methyl sites for hydroxylation is 2. The first-order valence-corrected chi connectivity index (χ1v) is 13.8. The van der Waals surface area contributed by atoms with Gasteiger partial charge in [0.15, 0.2) is 6.20 Å². The van der Waals surface area contributed by atoms with Gasteiger partial charge in [0.1, 0.15) is 24.0 Å². The number of nitrogens with zero attached hydrogens (tertiary/aromatic N) is 1. The molecule has 1 saturated carbocycles. The van der Waals surface area contributed by atoms with Crippen molar-refractivity contribution in [3.63, 3.8) is 0 Å². The zero-order chi connectivity index (χ0) is 25.1. The second kappa shape index (κ2) is 8.83. The van der Waals surface area contributed by atoms with Gasteiger partial charge in [-0.05, 0) is 72.1 Å². The summed E-state index contributed by atoms with van der Waals surface area (Å²) in [7, 11) is 2.05. The van der Waals surface area contributed by atoms with Crippen LogP contribution in [0.2, 0.25) is 0 Å². The average Bonchev–Trinajstić information content (AvgIpc) is 3.51. The molecule has 186 valence electrons. The summed E-state index contributed by atoms with van der Waals surface area (Å²) in [4.78, 5) is 0. The van der Waals surface area contributed by atoms with E-state index in [1.807, 2.05) is 31.4 Å². The summed E-state index contributed by atoms with van der Waals surface area (Å²) < 4.78 is 24.3. The Balaban J connectivity index is 1.37. The van der Waals surface area contributed by atoms with Gasteiger partial charge < -0.3 is 4.42 Å². The quantitative estimate of drug-likeness (QED) is 0.232. The Morgan fingerprint density at radius 1 is 0.784 bits per heavy atom. The third-order valence-electron chi connectivity index (χ3n) is 9.05. The van der Waals surface area contributed by atoms with Crippen LogP contribution in [0.3, 0.4) is 0 Å². The van der Waals surface area contributed by atoms with Crippen molar-refractivity contribution in [2.45, 2.75) is 51.9 Å². The highest BCUT2D eigenvalue weighted by Crippen LogP contribution is 2.44. The summed E-state index contributed by atoms with van der Waals surface area (Å²) in [6, 6.07) is 20.5. The number of hydrogen-bond donors (Lipinski definition) is 0. The van der Waals surface area contributed by atoms with E-state index in [2.05, 4.69) is 47.9 Å². The molecule has 3 aromatic carbocycles. The number of halogens is 1. The zero-order valence-corrected chi connectivity index (χ0v) is 21.7. The molecule has 7 rings (SSSR count). The Bertz CT molecular complexity index is 1660. The van der Waals surface area contributed by atoms with Gasteiger partial charge in [-0.15, -0.1) is 0 Å². The number of benzene rings is 3. The lowest BCUT2D eigenvalue weighted by atomic mass is 9.79. The molecule has 0 amide bonds. The first-order valence-electron chi connectivity index (χ1n) is 13.8. The SMILES string of the molecule is Cc1ccc2c(oc3c(-c4ccc5c(c4)CC(C4CCCCC4)C5)c(F)ccc32)c1-c1cccc[n+]1C. The number of fused-ring (bicyclic) bond motifs is 4. The predicted molar refractivity (Wildman–Crippen MR) is 148 cm³/mol. The fraction of sp³-hybridized carbons (Fsp3) is 0.324. The van der Waals surface area contributed by atoms with Crippen molar-refractivity contribution in [1.29, 1.82) is 0 Å². The number of aromatic nitrogens is 1. The summed E-state index contributed by atoms with van der Waals surface area (Å²) >= 11 is 0. The maximum atomic E-state index is 15.6. The largest absolute Gasteiger partial charge is 0.454 e. The number of rotatable bonds is 3. The van der Waals surface area contributed by atoms with Crippen LogP contribution >= 0.6 is 0 Å². The zero-order valence-electron chi connectivity index (χ0n) is 21.7.